The lowest BCUT2D eigenvalue weighted by Crippen LogP contribution is -2.19. The van der Waals surface area contributed by atoms with Gasteiger partial charge in [-0.3, -0.25) is 19.7 Å². The minimum atomic E-state index is -0.536. The van der Waals surface area contributed by atoms with Gasteiger partial charge in [-0.1, -0.05) is 12.1 Å². The van der Waals surface area contributed by atoms with Crippen LogP contribution in [0.25, 0.3) is 0 Å². The number of nitro groups is 1. The Balaban J connectivity index is 2.08. The number of amides is 2. The monoisotopic (exact) mass is 340 g/mol. The fraction of sp³-hybridized carbons (Fsp3) is 0.118. The van der Waals surface area contributed by atoms with Gasteiger partial charge in [-0.25, -0.2) is 5.43 Å². The highest BCUT2D eigenvalue weighted by Crippen LogP contribution is 2.13. The molecule has 0 unspecified atom stereocenters. The van der Waals surface area contributed by atoms with Crippen LogP contribution in [0.2, 0.25) is 0 Å². The molecule has 2 aromatic rings. The topological polar surface area (TPSA) is 114 Å². The third-order valence-electron chi connectivity index (χ3n) is 3.27. The normalized spacial score (nSPS) is 10.9. The molecule has 0 spiro atoms. The highest BCUT2D eigenvalue weighted by atomic mass is 16.6. The van der Waals surface area contributed by atoms with Gasteiger partial charge < -0.3 is 5.32 Å². The standard InChI is InChI=1S/C17H16N4O4/c1-11(14-4-3-5-15(10-14)18-12(2)22)19-20-17(23)13-6-8-16(9-7-13)21(24)25/h3-10H,1-2H3,(H,18,22)(H,20,23)/b19-11+. The molecule has 128 valence electrons. The molecule has 25 heavy (non-hydrogen) atoms. The molecule has 0 radical (unpaired) electrons. The zero-order valence-corrected chi connectivity index (χ0v) is 13.6. The summed E-state index contributed by atoms with van der Waals surface area (Å²) in [6, 6.07) is 12.3. The zero-order chi connectivity index (χ0) is 18.4. The lowest BCUT2D eigenvalue weighted by molar-refractivity contribution is -0.384. The maximum absolute atomic E-state index is 12.0. The third-order valence-corrected chi connectivity index (χ3v) is 3.27. The van der Waals surface area contributed by atoms with E-state index in [2.05, 4.69) is 15.8 Å². The van der Waals surface area contributed by atoms with Gasteiger partial charge in [-0.2, -0.15) is 5.10 Å². The van der Waals surface area contributed by atoms with Crippen LogP contribution in [0.5, 0.6) is 0 Å². The largest absolute Gasteiger partial charge is 0.326 e. The summed E-state index contributed by atoms with van der Waals surface area (Å²) >= 11 is 0. The van der Waals surface area contributed by atoms with Crippen LogP contribution in [0.4, 0.5) is 11.4 Å². The third kappa shape index (κ3) is 4.96. The second-order valence-electron chi connectivity index (χ2n) is 5.20. The molecule has 0 aromatic heterocycles. The number of nitrogens with one attached hydrogen (secondary N) is 2. The Hall–Kier alpha value is -3.55. The van der Waals surface area contributed by atoms with Gasteiger partial charge in [0.05, 0.1) is 10.6 Å². The zero-order valence-electron chi connectivity index (χ0n) is 13.6. The number of benzene rings is 2. The van der Waals surface area contributed by atoms with E-state index in [9.17, 15) is 19.7 Å². The Labute approximate surface area is 143 Å². The van der Waals surface area contributed by atoms with Crippen molar-refractivity contribution < 1.29 is 14.5 Å². The maximum atomic E-state index is 12.0. The molecule has 2 N–H and O–H groups in total. The van der Waals surface area contributed by atoms with Crippen LogP contribution in [-0.4, -0.2) is 22.4 Å². The number of non-ortho nitro benzene ring substituents is 1. The predicted molar refractivity (Wildman–Crippen MR) is 93.5 cm³/mol. The molecule has 0 aliphatic carbocycles. The lowest BCUT2D eigenvalue weighted by atomic mass is 10.1. The number of nitro benzene ring substituents is 1. The number of rotatable bonds is 5. The van der Waals surface area contributed by atoms with E-state index in [4.69, 9.17) is 0 Å². The molecule has 0 fully saturated rings. The second-order valence-corrected chi connectivity index (χ2v) is 5.20. The molecular formula is C17H16N4O4. The van der Waals surface area contributed by atoms with E-state index >= 15 is 0 Å². The molecule has 0 saturated heterocycles. The first kappa shape index (κ1) is 17.8. The van der Waals surface area contributed by atoms with Gasteiger partial charge in [-0.05, 0) is 36.8 Å². The van der Waals surface area contributed by atoms with E-state index in [0.717, 1.165) is 5.56 Å². The Morgan fingerprint density at radius 3 is 2.32 bits per heavy atom. The molecule has 2 aromatic carbocycles. The van der Waals surface area contributed by atoms with Crippen LogP contribution in [0.15, 0.2) is 53.6 Å². The first-order chi connectivity index (χ1) is 11.9. The summed E-state index contributed by atoms with van der Waals surface area (Å²) in [5, 5.41) is 17.3. The van der Waals surface area contributed by atoms with Crippen molar-refractivity contribution in [1.82, 2.24) is 5.43 Å². The van der Waals surface area contributed by atoms with E-state index in [0.29, 0.717) is 11.4 Å². The quantitative estimate of drug-likeness (QED) is 0.495. The number of hydrazone groups is 1. The van der Waals surface area contributed by atoms with E-state index in [-0.39, 0.29) is 17.2 Å². The van der Waals surface area contributed by atoms with Gasteiger partial charge in [-0.15, -0.1) is 0 Å². The smallest absolute Gasteiger partial charge is 0.271 e. The SMILES string of the molecule is CC(=O)Nc1cccc(/C(C)=N/NC(=O)c2ccc([N+](=O)[O-])cc2)c1. The van der Waals surface area contributed by atoms with Crippen molar-refractivity contribution >= 4 is 28.9 Å². The summed E-state index contributed by atoms with van der Waals surface area (Å²) in [6.07, 6.45) is 0. The van der Waals surface area contributed by atoms with Crippen molar-refractivity contribution in [3.05, 3.63) is 69.8 Å². The maximum Gasteiger partial charge on any atom is 0.271 e. The number of carbonyl (C=O) groups is 2. The minimum Gasteiger partial charge on any atom is -0.326 e. The second kappa shape index (κ2) is 7.82. The summed E-state index contributed by atoms with van der Waals surface area (Å²) in [7, 11) is 0. The molecule has 0 atom stereocenters. The highest BCUT2D eigenvalue weighted by Gasteiger charge is 2.09. The average molecular weight is 340 g/mol. The average Bonchev–Trinajstić information content (AvgIpc) is 2.59. The summed E-state index contributed by atoms with van der Waals surface area (Å²) in [5.74, 6) is -0.662. The molecular weight excluding hydrogens is 324 g/mol. The van der Waals surface area contributed by atoms with Crippen molar-refractivity contribution in [1.29, 1.82) is 0 Å². The molecule has 0 heterocycles. The van der Waals surface area contributed by atoms with Crippen LogP contribution >= 0.6 is 0 Å². The number of hydrogen-bond acceptors (Lipinski definition) is 5. The summed E-state index contributed by atoms with van der Waals surface area (Å²) in [5.41, 5.74) is 4.47. The molecule has 0 saturated carbocycles. The van der Waals surface area contributed by atoms with Gasteiger partial charge in [0.15, 0.2) is 0 Å². The molecule has 8 nitrogen and oxygen atoms in total. The van der Waals surface area contributed by atoms with Crippen molar-refractivity contribution in [3.8, 4) is 0 Å². The first-order valence-electron chi connectivity index (χ1n) is 7.34. The first-order valence-corrected chi connectivity index (χ1v) is 7.34. The van der Waals surface area contributed by atoms with Crippen LogP contribution < -0.4 is 10.7 Å². The summed E-state index contributed by atoms with van der Waals surface area (Å²) in [6.45, 7) is 3.13. The molecule has 0 bridgehead atoms. The van der Waals surface area contributed by atoms with Gasteiger partial charge >= 0.3 is 0 Å². The summed E-state index contributed by atoms with van der Waals surface area (Å²) < 4.78 is 0. The van der Waals surface area contributed by atoms with Crippen molar-refractivity contribution in [3.63, 3.8) is 0 Å². The van der Waals surface area contributed by atoms with E-state index < -0.39 is 10.8 Å². The molecule has 2 rings (SSSR count). The number of hydrogen-bond donors (Lipinski definition) is 2. The lowest BCUT2D eigenvalue weighted by Gasteiger charge is -2.06. The van der Waals surface area contributed by atoms with Crippen LogP contribution in [0, 0.1) is 10.1 Å². The fourth-order valence-corrected chi connectivity index (χ4v) is 2.02. The minimum absolute atomic E-state index is 0.0916. The molecule has 0 aliphatic heterocycles. The highest BCUT2D eigenvalue weighted by molar-refractivity contribution is 6.02. The van der Waals surface area contributed by atoms with Crippen molar-refractivity contribution in [2.24, 2.45) is 5.10 Å². The van der Waals surface area contributed by atoms with Crippen molar-refractivity contribution in [2.75, 3.05) is 5.32 Å². The molecule has 2 amide bonds. The predicted octanol–water partition coefficient (Wildman–Crippen LogP) is 2.71. The Bertz CT molecular complexity index is 844. The number of anilines is 1. The Kier molecular flexibility index (Phi) is 5.57. The Morgan fingerprint density at radius 1 is 1.04 bits per heavy atom. The Morgan fingerprint density at radius 2 is 1.72 bits per heavy atom. The van der Waals surface area contributed by atoms with E-state index in [1.54, 1.807) is 31.2 Å². The fourth-order valence-electron chi connectivity index (χ4n) is 2.02. The van der Waals surface area contributed by atoms with Crippen LogP contribution in [-0.2, 0) is 4.79 Å². The number of carbonyl (C=O) groups excluding carboxylic acids is 2. The van der Waals surface area contributed by atoms with Crippen LogP contribution in [0.3, 0.4) is 0 Å². The van der Waals surface area contributed by atoms with Crippen molar-refractivity contribution in [2.45, 2.75) is 13.8 Å². The van der Waals surface area contributed by atoms with E-state index in [1.165, 1.54) is 31.2 Å². The van der Waals surface area contributed by atoms with Gasteiger partial charge in [0.1, 0.15) is 0 Å². The number of nitrogens with zero attached hydrogens (tertiary/aromatic N) is 2. The van der Waals surface area contributed by atoms with Crippen LogP contribution in [0.1, 0.15) is 29.8 Å². The summed E-state index contributed by atoms with van der Waals surface area (Å²) in [4.78, 5) is 33.2. The van der Waals surface area contributed by atoms with Gasteiger partial charge in [0.25, 0.3) is 11.6 Å². The van der Waals surface area contributed by atoms with E-state index in [1.807, 2.05) is 0 Å². The van der Waals surface area contributed by atoms with Gasteiger partial charge in [0.2, 0.25) is 5.91 Å². The van der Waals surface area contributed by atoms with Gasteiger partial charge in [0, 0.05) is 30.3 Å². The molecule has 8 heteroatoms. The molecule has 0 aliphatic rings.